The molecule has 1 spiro atoms. The van der Waals surface area contributed by atoms with Crippen LogP contribution in [0.25, 0.3) is 0 Å². The quantitative estimate of drug-likeness (QED) is 0.133. The maximum Gasteiger partial charge on any atom is 0.350 e. The average molecular weight is 1130 g/mol. The summed E-state index contributed by atoms with van der Waals surface area (Å²) in [5, 5.41) is 27.9. The maximum atomic E-state index is 15.3. The number of carbonyl (C=O) groups excluding carboxylic acids is 8. The van der Waals surface area contributed by atoms with Gasteiger partial charge in [-0.3, -0.25) is 24.4 Å². The fourth-order valence-electron chi connectivity index (χ4n) is 11.7. The van der Waals surface area contributed by atoms with E-state index in [0.717, 1.165) is 40.8 Å². The number of nitrogens with zero attached hydrogens (tertiary/aromatic N) is 2. The van der Waals surface area contributed by atoms with Crippen molar-refractivity contribution in [2.24, 2.45) is 17.3 Å². The molecule has 3 fully saturated rings. The summed E-state index contributed by atoms with van der Waals surface area (Å²) in [6.07, 6.45) is -10.3. The van der Waals surface area contributed by atoms with Gasteiger partial charge in [0.1, 0.15) is 41.5 Å². The van der Waals surface area contributed by atoms with Crippen molar-refractivity contribution in [3.05, 3.63) is 113 Å². The van der Waals surface area contributed by atoms with Gasteiger partial charge in [0.15, 0.2) is 35.9 Å². The number of ether oxygens (including phenoxy) is 12. The Kier molecular flexibility index (Phi) is 16.3. The Labute approximate surface area is 464 Å². The van der Waals surface area contributed by atoms with Crippen LogP contribution in [0.4, 0.5) is 0 Å². The second kappa shape index (κ2) is 22.4. The van der Waals surface area contributed by atoms with Crippen LogP contribution in [0, 0.1) is 17.3 Å². The number of aliphatic hydroxyl groups excluding tert-OH is 1. The summed E-state index contributed by atoms with van der Waals surface area (Å²) < 4.78 is 73.7. The number of aromatic nitrogens is 2. The Bertz CT molecular complexity index is 3090. The first-order chi connectivity index (χ1) is 38.2. The van der Waals surface area contributed by atoms with E-state index in [9.17, 15) is 34.2 Å². The Morgan fingerprint density at radius 3 is 1.98 bits per heavy atom. The van der Waals surface area contributed by atoms with E-state index in [0.29, 0.717) is 0 Å². The molecule has 0 radical (unpaired) electrons. The molecule has 2 aromatic carbocycles. The molecule has 4 aromatic rings. The van der Waals surface area contributed by atoms with Crippen LogP contribution in [-0.2, 0) is 61.8 Å². The molecule has 432 valence electrons. The third kappa shape index (κ3) is 10.1. The monoisotopic (exact) mass is 1130 g/mol. The van der Waals surface area contributed by atoms with Crippen LogP contribution < -0.4 is 14.2 Å². The van der Waals surface area contributed by atoms with Crippen LogP contribution >= 0.6 is 0 Å². The fraction of sp³-hybridized carbons (Fsp3) is 0.474. The minimum Gasteiger partial charge on any atom is -0.493 e. The minimum absolute atomic E-state index is 0.0469. The van der Waals surface area contributed by atoms with E-state index in [1.165, 1.54) is 108 Å². The molecule has 2 saturated carbocycles. The standard InChI is InChI=1S/C57H62N2O22/c1-28-29(2)47(63)77-44-42(75-30(3)60)46(78-49(65)32-17-13-12-14-18-32)56(27-74-48(64)33-19-15-21-58-25-33)45(79-52(68)53(5,6)80-31(4)61)41(76-50(66)34-23-36(70-9)40(72-11)37(24-34)71-10)38-43(62)57(56,55(44,8)69)81-54(38,7)26-73-51(67)35-20-16-22-59-39(28)35/h12-25,28-29,38,41-46,62,69H,26-27H2,1-11H3. The van der Waals surface area contributed by atoms with Gasteiger partial charge in [0.2, 0.25) is 11.4 Å². The average Bonchev–Trinajstić information content (AvgIpc) is 1.62. The topological polar surface area (TPSA) is 314 Å². The molecular weight excluding hydrogens is 1060 g/mol. The zero-order valence-electron chi connectivity index (χ0n) is 46.1. The van der Waals surface area contributed by atoms with E-state index in [-0.39, 0.29) is 45.2 Å². The largest absolute Gasteiger partial charge is 0.493 e. The fourth-order valence-corrected chi connectivity index (χ4v) is 11.7. The van der Waals surface area contributed by atoms with Crippen LogP contribution in [0.3, 0.4) is 0 Å². The molecule has 4 heterocycles. The summed E-state index contributed by atoms with van der Waals surface area (Å²) in [5.74, 6) is -13.6. The molecule has 1 saturated heterocycles. The molecule has 0 amide bonds. The van der Waals surface area contributed by atoms with Crippen LogP contribution in [0.1, 0.15) is 108 Å². The lowest BCUT2D eigenvalue weighted by atomic mass is 9.45. The van der Waals surface area contributed by atoms with E-state index in [1.54, 1.807) is 13.0 Å². The van der Waals surface area contributed by atoms with E-state index in [4.69, 9.17) is 56.8 Å². The lowest BCUT2D eigenvalue weighted by Crippen LogP contribution is -2.89. The Hall–Kier alpha value is -8.22. The van der Waals surface area contributed by atoms with Gasteiger partial charge in [-0.1, -0.05) is 32.0 Å². The maximum absolute atomic E-state index is 15.3. The zero-order valence-corrected chi connectivity index (χ0v) is 46.1. The van der Waals surface area contributed by atoms with Crippen molar-refractivity contribution in [3.63, 3.8) is 0 Å². The molecule has 24 nitrogen and oxygen atoms in total. The molecule has 4 aliphatic rings. The van der Waals surface area contributed by atoms with Crippen molar-refractivity contribution in [2.75, 3.05) is 34.5 Å². The van der Waals surface area contributed by atoms with E-state index in [1.807, 2.05) is 0 Å². The minimum atomic E-state index is -3.10. The molecular formula is C57H62N2O22. The lowest BCUT2D eigenvalue weighted by molar-refractivity contribution is -0.385. The molecule has 2 aliphatic carbocycles. The van der Waals surface area contributed by atoms with Crippen LogP contribution in [0.2, 0.25) is 0 Å². The van der Waals surface area contributed by atoms with Gasteiger partial charge in [-0.2, -0.15) is 0 Å². The summed E-state index contributed by atoms with van der Waals surface area (Å²) >= 11 is 0. The highest BCUT2D eigenvalue weighted by atomic mass is 16.7. The summed E-state index contributed by atoms with van der Waals surface area (Å²) in [7, 11) is 3.86. The Balaban J connectivity index is 1.52. The van der Waals surface area contributed by atoms with Crippen molar-refractivity contribution in [1.82, 2.24) is 9.97 Å². The molecule has 2 N–H and O–H groups in total. The molecule has 13 atom stereocenters. The Morgan fingerprint density at radius 1 is 0.741 bits per heavy atom. The number of hydrogen-bond donors (Lipinski definition) is 2. The number of methoxy groups -OCH3 is 3. The summed E-state index contributed by atoms with van der Waals surface area (Å²) in [4.78, 5) is 125. The molecule has 24 heteroatoms. The van der Waals surface area contributed by atoms with E-state index >= 15 is 14.4 Å². The van der Waals surface area contributed by atoms with Gasteiger partial charge in [-0.25, -0.2) is 24.0 Å². The van der Waals surface area contributed by atoms with E-state index in [2.05, 4.69) is 9.97 Å². The first kappa shape index (κ1) is 58.9. The first-order valence-electron chi connectivity index (χ1n) is 25.6. The number of carbonyl (C=O) groups is 8. The summed E-state index contributed by atoms with van der Waals surface area (Å²) in [6, 6.07) is 15.2. The van der Waals surface area contributed by atoms with Crippen molar-refractivity contribution in [3.8, 4) is 17.2 Å². The number of hydrogen-bond acceptors (Lipinski definition) is 24. The highest BCUT2D eigenvalue weighted by molar-refractivity contribution is 5.93. The molecule has 2 aromatic heterocycles. The number of fused-ring (bicyclic) bond motifs is 5. The molecule has 13 unspecified atom stereocenters. The van der Waals surface area contributed by atoms with Crippen LogP contribution in [-0.4, -0.2) is 162 Å². The molecule has 81 heavy (non-hydrogen) atoms. The third-order valence-electron chi connectivity index (χ3n) is 15.6. The predicted molar refractivity (Wildman–Crippen MR) is 273 cm³/mol. The summed E-state index contributed by atoms with van der Waals surface area (Å²) in [6.45, 7) is 7.28. The normalized spacial score (nSPS) is 30.4. The first-order valence-corrected chi connectivity index (χ1v) is 25.6. The number of benzene rings is 2. The number of rotatable bonds is 14. The van der Waals surface area contributed by atoms with Gasteiger partial charge in [-0.15, -0.1) is 0 Å². The number of pyridine rings is 2. The molecule has 8 rings (SSSR count). The van der Waals surface area contributed by atoms with Gasteiger partial charge in [0.05, 0.1) is 67.2 Å². The molecule has 4 bridgehead atoms. The van der Waals surface area contributed by atoms with Gasteiger partial charge >= 0.3 is 47.8 Å². The second-order valence-corrected chi connectivity index (χ2v) is 21.1. The SMILES string of the molecule is COc1cc(C(=O)OC2C3C(O)C45OC3(C)COC(=O)c3cccnc3C(C)C(C)C(=O)OC(C(OC(C)=O)C(OC(=O)c3ccccc3)C4(COC(=O)c3cccnc3)C2OC(=O)C(C)(C)OC(C)=O)C5(C)O)cc(OC)c1OC. The predicted octanol–water partition coefficient (Wildman–Crippen LogP) is 4.09. The van der Waals surface area contributed by atoms with Crippen molar-refractivity contribution in [2.45, 2.75) is 120 Å². The highest BCUT2D eigenvalue weighted by Gasteiger charge is 2.91. The molecule has 2 aliphatic heterocycles. The van der Waals surface area contributed by atoms with Gasteiger partial charge in [0, 0.05) is 38.4 Å². The number of cyclic esters (lactones) is 1. The van der Waals surface area contributed by atoms with Crippen molar-refractivity contribution in [1.29, 1.82) is 0 Å². The van der Waals surface area contributed by atoms with Crippen LogP contribution in [0.15, 0.2) is 85.3 Å². The second-order valence-electron chi connectivity index (χ2n) is 21.1. The van der Waals surface area contributed by atoms with Crippen molar-refractivity contribution < 1.29 is 105 Å². The van der Waals surface area contributed by atoms with Crippen molar-refractivity contribution >= 4 is 47.8 Å². The lowest BCUT2D eigenvalue weighted by Gasteiger charge is -2.67. The van der Waals surface area contributed by atoms with Gasteiger partial charge < -0.3 is 67.1 Å². The highest BCUT2D eigenvalue weighted by Crippen LogP contribution is 2.70. The Morgan fingerprint density at radius 2 is 1.37 bits per heavy atom. The number of aliphatic hydroxyl groups is 2. The third-order valence-corrected chi connectivity index (χ3v) is 15.6. The van der Waals surface area contributed by atoms with Gasteiger partial charge in [0.25, 0.3) is 0 Å². The summed E-state index contributed by atoms with van der Waals surface area (Å²) in [5.41, 5.74) is -14.6. The zero-order chi connectivity index (χ0) is 59.1. The number of esters is 8. The van der Waals surface area contributed by atoms with Crippen LogP contribution in [0.5, 0.6) is 17.2 Å². The smallest absolute Gasteiger partial charge is 0.350 e. The van der Waals surface area contributed by atoms with Gasteiger partial charge in [-0.05, 0) is 76.2 Å². The van der Waals surface area contributed by atoms with E-state index < -0.39 is 143 Å².